The van der Waals surface area contributed by atoms with Gasteiger partial charge >= 0.3 is 0 Å². The van der Waals surface area contributed by atoms with Crippen LogP contribution in [0.25, 0.3) is 66.8 Å². The van der Waals surface area contributed by atoms with E-state index in [2.05, 4.69) is 226 Å². The van der Waals surface area contributed by atoms with Gasteiger partial charge in [0, 0.05) is 44.3 Å². The summed E-state index contributed by atoms with van der Waals surface area (Å²) >= 11 is 0. The van der Waals surface area contributed by atoms with Crippen LogP contribution < -0.4 is 4.90 Å². The molecule has 10 aromatic rings. The second-order valence-corrected chi connectivity index (χ2v) is 13.4. The highest BCUT2D eigenvalue weighted by atomic mass is 15.2. The minimum atomic E-state index is 1.08. The Balaban J connectivity index is 1.12. The molecule has 250 valence electrons. The number of benzene rings is 8. The summed E-state index contributed by atoms with van der Waals surface area (Å²) in [7, 11) is 0. The molecule has 8 aromatic carbocycles. The average Bonchev–Trinajstić information content (AvgIpc) is 3.75. The van der Waals surface area contributed by atoms with Crippen molar-refractivity contribution in [2.75, 3.05) is 4.90 Å². The van der Waals surface area contributed by atoms with Crippen molar-refractivity contribution < 1.29 is 0 Å². The molecule has 0 aliphatic rings. The van der Waals surface area contributed by atoms with Crippen LogP contribution in [0.2, 0.25) is 0 Å². The Morgan fingerprint density at radius 2 is 0.698 bits per heavy atom. The summed E-state index contributed by atoms with van der Waals surface area (Å²) in [5.41, 5.74) is 12.6. The molecule has 0 amide bonds. The Kier molecular flexibility index (Phi) is 7.47. The fraction of sp³-hybridized carbons (Fsp3) is 0. The van der Waals surface area contributed by atoms with Crippen molar-refractivity contribution >= 4 is 66.8 Å². The normalized spacial score (nSPS) is 11.9. The lowest BCUT2D eigenvalue weighted by atomic mass is 10.0. The van der Waals surface area contributed by atoms with E-state index >= 15 is 0 Å². The lowest BCUT2D eigenvalue weighted by molar-refractivity contribution is 1.17. The molecule has 0 saturated carbocycles. The first-order chi connectivity index (χ1) is 26.3. The van der Waals surface area contributed by atoms with E-state index in [9.17, 15) is 0 Å². The van der Waals surface area contributed by atoms with Crippen LogP contribution in [-0.4, -0.2) is 9.13 Å². The lowest BCUT2D eigenvalue weighted by Crippen LogP contribution is -2.15. The van der Waals surface area contributed by atoms with E-state index in [1.165, 1.54) is 43.6 Å². The van der Waals surface area contributed by atoms with Gasteiger partial charge in [-0.1, -0.05) is 133 Å². The summed E-state index contributed by atoms with van der Waals surface area (Å²) < 4.78 is 4.74. The molecule has 0 radical (unpaired) electrons. The summed E-state index contributed by atoms with van der Waals surface area (Å²) in [6, 6.07) is 74.0. The molecule has 3 nitrogen and oxygen atoms in total. The monoisotopic (exact) mass is 677 g/mol. The molecule has 0 aliphatic heterocycles. The highest BCUT2D eigenvalue weighted by Crippen LogP contribution is 2.39. The van der Waals surface area contributed by atoms with E-state index in [-0.39, 0.29) is 0 Å². The molecule has 2 heterocycles. The third-order valence-electron chi connectivity index (χ3n) is 10.3. The lowest BCUT2D eigenvalue weighted by Gasteiger charge is -2.29. The van der Waals surface area contributed by atoms with Crippen LogP contribution in [0.1, 0.15) is 11.1 Å². The minimum absolute atomic E-state index is 1.08. The van der Waals surface area contributed by atoms with Gasteiger partial charge in [-0.3, -0.25) is 0 Å². The molecule has 53 heavy (non-hydrogen) atoms. The Morgan fingerprint density at radius 1 is 0.340 bits per heavy atom. The number of hydrogen-bond donors (Lipinski definition) is 0. The van der Waals surface area contributed by atoms with Crippen LogP contribution >= 0.6 is 0 Å². The van der Waals surface area contributed by atoms with E-state index in [0.717, 1.165) is 39.6 Å². The molecule has 0 atom stereocenters. The summed E-state index contributed by atoms with van der Waals surface area (Å²) in [5, 5.41) is 5.04. The molecule has 3 heteroatoms. The predicted octanol–water partition coefficient (Wildman–Crippen LogP) is 13.2. The number of aromatic nitrogens is 2. The van der Waals surface area contributed by atoms with Gasteiger partial charge in [0.1, 0.15) is 0 Å². The molecule has 0 spiro atoms. The van der Waals surface area contributed by atoms with Crippen molar-refractivity contribution in [3.63, 3.8) is 0 Å². The SMILES string of the molecule is C(=C(c1ccc(-n2c3ccccc3c3ccccc32)cc1)N(c1ccccc1)c1ccc(-n2c3ccccc3c3ccccc32)cc1)c1ccccc1. The van der Waals surface area contributed by atoms with E-state index in [0.29, 0.717) is 0 Å². The van der Waals surface area contributed by atoms with Crippen molar-refractivity contribution in [1.82, 2.24) is 9.13 Å². The van der Waals surface area contributed by atoms with Crippen LogP contribution in [0, 0.1) is 0 Å². The molecule has 0 fully saturated rings. The summed E-state index contributed by atoms with van der Waals surface area (Å²) in [5.74, 6) is 0. The molecule has 0 saturated heterocycles. The van der Waals surface area contributed by atoms with E-state index in [1.807, 2.05) is 0 Å². The molecule has 10 rings (SSSR count). The number of rotatable bonds is 7. The molecule has 0 unspecified atom stereocenters. The maximum atomic E-state index is 2.37. The third-order valence-corrected chi connectivity index (χ3v) is 10.3. The highest BCUT2D eigenvalue weighted by Gasteiger charge is 2.19. The van der Waals surface area contributed by atoms with Gasteiger partial charge in [0.2, 0.25) is 0 Å². The van der Waals surface area contributed by atoms with E-state index < -0.39 is 0 Å². The van der Waals surface area contributed by atoms with Crippen LogP contribution in [0.3, 0.4) is 0 Å². The number of nitrogens with zero attached hydrogens (tertiary/aromatic N) is 3. The number of para-hydroxylation sites is 5. The van der Waals surface area contributed by atoms with Gasteiger partial charge in [0.05, 0.1) is 27.8 Å². The van der Waals surface area contributed by atoms with Gasteiger partial charge in [-0.05, 0) is 90.0 Å². The predicted molar refractivity (Wildman–Crippen MR) is 224 cm³/mol. The fourth-order valence-corrected chi connectivity index (χ4v) is 7.92. The zero-order valence-corrected chi connectivity index (χ0v) is 29.0. The average molecular weight is 678 g/mol. The zero-order valence-electron chi connectivity index (χ0n) is 29.0. The van der Waals surface area contributed by atoms with Crippen molar-refractivity contribution in [2.24, 2.45) is 0 Å². The Labute approximate surface area is 308 Å². The van der Waals surface area contributed by atoms with Crippen LogP contribution in [-0.2, 0) is 0 Å². The maximum Gasteiger partial charge on any atom is 0.0541 e. The molecule has 2 aromatic heterocycles. The van der Waals surface area contributed by atoms with Crippen molar-refractivity contribution in [1.29, 1.82) is 0 Å². The smallest absolute Gasteiger partial charge is 0.0541 e. The van der Waals surface area contributed by atoms with Gasteiger partial charge in [0.25, 0.3) is 0 Å². The largest absolute Gasteiger partial charge is 0.310 e. The molecular weight excluding hydrogens is 643 g/mol. The first kappa shape index (κ1) is 30.7. The Hall–Kier alpha value is -7.10. The summed E-state index contributed by atoms with van der Waals surface area (Å²) in [6.45, 7) is 0. The van der Waals surface area contributed by atoms with Gasteiger partial charge < -0.3 is 14.0 Å². The molecule has 0 N–H and O–H groups in total. The molecule has 0 aliphatic carbocycles. The number of hydrogen-bond acceptors (Lipinski definition) is 1. The zero-order chi connectivity index (χ0) is 35.1. The molecular formula is C50H35N3. The van der Waals surface area contributed by atoms with Crippen molar-refractivity contribution in [3.8, 4) is 11.4 Å². The summed E-state index contributed by atoms with van der Waals surface area (Å²) in [6.07, 6.45) is 2.29. The highest BCUT2D eigenvalue weighted by molar-refractivity contribution is 6.10. The second kappa shape index (κ2) is 12.9. The fourth-order valence-electron chi connectivity index (χ4n) is 7.92. The first-order valence-electron chi connectivity index (χ1n) is 18.1. The summed E-state index contributed by atoms with van der Waals surface area (Å²) in [4.78, 5) is 2.37. The number of fused-ring (bicyclic) bond motifs is 6. The van der Waals surface area contributed by atoms with E-state index in [1.54, 1.807) is 0 Å². The standard InChI is InChI=1S/C50H35N3/c1-3-15-36(16-4-1)35-50(37-27-29-40(30-28-37)52-46-23-11-7-19-42(46)43-20-8-12-24-47(43)52)51(38-17-5-2-6-18-38)39-31-33-41(34-32-39)53-48-25-13-9-21-44(48)45-22-10-14-26-49(45)53/h1-35H. The van der Waals surface area contributed by atoms with Gasteiger partial charge in [-0.25, -0.2) is 0 Å². The van der Waals surface area contributed by atoms with Crippen LogP contribution in [0.15, 0.2) is 206 Å². The third kappa shape index (κ3) is 5.30. The van der Waals surface area contributed by atoms with Crippen molar-refractivity contribution in [3.05, 3.63) is 217 Å². The first-order valence-corrected chi connectivity index (χ1v) is 18.1. The maximum absolute atomic E-state index is 2.37. The van der Waals surface area contributed by atoms with Crippen LogP contribution in [0.4, 0.5) is 11.4 Å². The topological polar surface area (TPSA) is 13.1 Å². The number of anilines is 2. The van der Waals surface area contributed by atoms with Gasteiger partial charge in [-0.15, -0.1) is 0 Å². The Morgan fingerprint density at radius 3 is 1.15 bits per heavy atom. The van der Waals surface area contributed by atoms with Crippen LogP contribution in [0.5, 0.6) is 0 Å². The minimum Gasteiger partial charge on any atom is -0.310 e. The van der Waals surface area contributed by atoms with Gasteiger partial charge in [0.15, 0.2) is 0 Å². The second-order valence-electron chi connectivity index (χ2n) is 13.4. The quantitative estimate of drug-likeness (QED) is 0.153. The van der Waals surface area contributed by atoms with Gasteiger partial charge in [-0.2, -0.15) is 0 Å². The molecule has 0 bridgehead atoms. The van der Waals surface area contributed by atoms with Crippen molar-refractivity contribution in [2.45, 2.75) is 0 Å². The Bertz CT molecular complexity index is 2810. The van der Waals surface area contributed by atoms with E-state index in [4.69, 9.17) is 0 Å².